The number of morpholine rings is 1. The summed E-state index contributed by atoms with van der Waals surface area (Å²) in [6, 6.07) is -0.468. The molecule has 2 fully saturated rings. The third-order valence-corrected chi connectivity index (χ3v) is 4.05. The molecule has 1 saturated carbocycles. The Bertz CT molecular complexity index is 559. The van der Waals surface area contributed by atoms with Gasteiger partial charge in [0.1, 0.15) is 23.5 Å². The average molecular weight is 291 g/mol. The Hall–Kier alpha value is -1.89. The number of nitrogens with zero attached hydrogens (tertiary/aromatic N) is 3. The van der Waals surface area contributed by atoms with Gasteiger partial charge in [0, 0.05) is 25.1 Å². The van der Waals surface area contributed by atoms with Crippen LogP contribution in [0, 0.1) is 6.92 Å². The Labute approximate surface area is 123 Å². The predicted octanol–water partition coefficient (Wildman–Crippen LogP) is 0.395. The molecule has 2 aliphatic rings. The van der Waals surface area contributed by atoms with E-state index in [1.807, 2.05) is 18.9 Å². The summed E-state index contributed by atoms with van der Waals surface area (Å²) in [5, 5.41) is 3.12. The molecule has 1 aliphatic heterocycles. The highest BCUT2D eigenvalue weighted by molar-refractivity contribution is 5.84. The lowest BCUT2D eigenvalue weighted by molar-refractivity contribution is -0.121. The predicted molar refractivity (Wildman–Crippen MR) is 79.4 cm³/mol. The zero-order valence-corrected chi connectivity index (χ0v) is 12.4. The van der Waals surface area contributed by atoms with E-state index in [9.17, 15) is 4.79 Å². The fraction of sp³-hybridized carbons (Fsp3) is 0.643. The maximum absolute atomic E-state index is 11.7. The molecule has 2 heterocycles. The van der Waals surface area contributed by atoms with Gasteiger partial charge in [0.05, 0.1) is 13.2 Å². The Morgan fingerprint density at radius 3 is 2.81 bits per heavy atom. The zero-order valence-electron chi connectivity index (χ0n) is 12.4. The molecule has 1 atom stereocenters. The van der Waals surface area contributed by atoms with E-state index in [4.69, 9.17) is 15.5 Å². The number of carbonyl (C=O) groups is 1. The number of hydrogen-bond acceptors (Lipinski definition) is 6. The molecule has 0 radical (unpaired) electrons. The third-order valence-electron chi connectivity index (χ3n) is 4.05. The number of nitrogens with one attached hydrogen (secondary N) is 1. The van der Waals surface area contributed by atoms with Crippen molar-refractivity contribution in [3.63, 3.8) is 0 Å². The van der Waals surface area contributed by atoms with Crippen LogP contribution in [0.25, 0.3) is 0 Å². The van der Waals surface area contributed by atoms with Crippen molar-refractivity contribution >= 4 is 17.5 Å². The number of rotatable bonds is 4. The van der Waals surface area contributed by atoms with E-state index in [0.29, 0.717) is 25.7 Å². The molecule has 114 valence electrons. The number of hydrogen-bond donors (Lipinski definition) is 2. The van der Waals surface area contributed by atoms with Crippen molar-refractivity contribution in [2.75, 3.05) is 37.0 Å². The number of carbonyl (C=O) groups excluding carboxylic acids is 1. The first kappa shape index (κ1) is 14.1. The van der Waals surface area contributed by atoms with Crippen LogP contribution in [0.4, 0.5) is 11.6 Å². The SMILES string of the molecule is CNc1nc(C2CC2)nc(N2CCOCC2C(N)=O)c1C. The molecule has 7 nitrogen and oxygen atoms in total. The van der Waals surface area contributed by atoms with Gasteiger partial charge in [-0.25, -0.2) is 9.97 Å². The molecule has 0 aromatic carbocycles. The van der Waals surface area contributed by atoms with Gasteiger partial charge in [-0.15, -0.1) is 0 Å². The van der Waals surface area contributed by atoms with Crippen LogP contribution in [0.15, 0.2) is 0 Å². The zero-order chi connectivity index (χ0) is 15.0. The van der Waals surface area contributed by atoms with Crippen molar-refractivity contribution in [3.05, 3.63) is 11.4 Å². The van der Waals surface area contributed by atoms with Crippen molar-refractivity contribution in [3.8, 4) is 0 Å². The standard InChI is InChI=1S/C14H21N5O2/c1-8-12(16-2)17-13(9-3-4-9)18-14(8)19-5-6-21-7-10(19)11(15)20/h9-10H,3-7H2,1-2H3,(H2,15,20)(H,16,17,18). The third kappa shape index (κ3) is 2.65. The fourth-order valence-electron chi connectivity index (χ4n) is 2.66. The molecule has 3 rings (SSSR count). The molecule has 7 heteroatoms. The lowest BCUT2D eigenvalue weighted by Crippen LogP contribution is -2.53. The molecule has 0 bridgehead atoms. The largest absolute Gasteiger partial charge is 0.377 e. The monoisotopic (exact) mass is 291 g/mol. The lowest BCUT2D eigenvalue weighted by atomic mass is 10.1. The molecular formula is C14H21N5O2. The van der Waals surface area contributed by atoms with Gasteiger partial charge >= 0.3 is 0 Å². The molecule has 1 aromatic heterocycles. The fourth-order valence-corrected chi connectivity index (χ4v) is 2.66. The molecule has 1 unspecified atom stereocenters. The highest BCUT2D eigenvalue weighted by atomic mass is 16.5. The molecule has 1 amide bonds. The van der Waals surface area contributed by atoms with Crippen LogP contribution in [0.3, 0.4) is 0 Å². The van der Waals surface area contributed by atoms with Crippen LogP contribution in [-0.2, 0) is 9.53 Å². The number of ether oxygens (including phenoxy) is 1. The van der Waals surface area contributed by atoms with Crippen LogP contribution < -0.4 is 16.0 Å². The first-order valence-electron chi connectivity index (χ1n) is 7.31. The maximum Gasteiger partial charge on any atom is 0.242 e. The first-order valence-corrected chi connectivity index (χ1v) is 7.31. The van der Waals surface area contributed by atoms with E-state index in [-0.39, 0.29) is 5.91 Å². The Balaban J connectivity index is 2.02. The maximum atomic E-state index is 11.7. The average Bonchev–Trinajstić information content (AvgIpc) is 3.32. The highest BCUT2D eigenvalue weighted by Crippen LogP contribution is 2.40. The second kappa shape index (κ2) is 5.48. The Morgan fingerprint density at radius 2 is 2.19 bits per heavy atom. The lowest BCUT2D eigenvalue weighted by Gasteiger charge is -2.35. The number of primary amides is 1. The molecule has 0 spiro atoms. The first-order chi connectivity index (χ1) is 10.1. The summed E-state index contributed by atoms with van der Waals surface area (Å²) in [5.41, 5.74) is 6.45. The summed E-state index contributed by atoms with van der Waals surface area (Å²) >= 11 is 0. The number of amides is 1. The Morgan fingerprint density at radius 1 is 1.43 bits per heavy atom. The molecule has 1 aromatic rings. The molecule has 21 heavy (non-hydrogen) atoms. The topological polar surface area (TPSA) is 93.4 Å². The minimum Gasteiger partial charge on any atom is -0.377 e. The van der Waals surface area contributed by atoms with Crippen molar-refractivity contribution in [2.45, 2.75) is 31.7 Å². The van der Waals surface area contributed by atoms with Gasteiger partial charge in [-0.05, 0) is 19.8 Å². The van der Waals surface area contributed by atoms with E-state index >= 15 is 0 Å². The van der Waals surface area contributed by atoms with Gasteiger partial charge in [-0.2, -0.15) is 0 Å². The van der Waals surface area contributed by atoms with Crippen molar-refractivity contribution in [1.29, 1.82) is 0 Å². The van der Waals surface area contributed by atoms with E-state index in [2.05, 4.69) is 10.3 Å². The summed E-state index contributed by atoms with van der Waals surface area (Å²) in [6.45, 7) is 3.46. The number of nitrogens with two attached hydrogens (primary N) is 1. The van der Waals surface area contributed by atoms with Crippen LogP contribution in [0.2, 0.25) is 0 Å². The Kier molecular flexibility index (Phi) is 3.67. The molecular weight excluding hydrogens is 270 g/mol. The van der Waals surface area contributed by atoms with Gasteiger partial charge < -0.3 is 20.7 Å². The van der Waals surface area contributed by atoms with Gasteiger partial charge in [0.25, 0.3) is 0 Å². The van der Waals surface area contributed by atoms with Crippen molar-refractivity contribution in [2.24, 2.45) is 5.73 Å². The van der Waals surface area contributed by atoms with Crippen LogP contribution >= 0.6 is 0 Å². The molecule has 3 N–H and O–H groups in total. The van der Waals surface area contributed by atoms with Crippen molar-refractivity contribution in [1.82, 2.24) is 9.97 Å². The van der Waals surface area contributed by atoms with E-state index in [1.54, 1.807) is 0 Å². The van der Waals surface area contributed by atoms with Gasteiger partial charge in [-0.1, -0.05) is 0 Å². The summed E-state index contributed by atoms with van der Waals surface area (Å²) in [7, 11) is 1.85. The van der Waals surface area contributed by atoms with Crippen LogP contribution in [-0.4, -0.2) is 48.7 Å². The van der Waals surface area contributed by atoms with Crippen LogP contribution in [0.5, 0.6) is 0 Å². The van der Waals surface area contributed by atoms with Gasteiger partial charge in [0.2, 0.25) is 5.91 Å². The number of anilines is 2. The smallest absolute Gasteiger partial charge is 0.242 e. The summed E-state index contributed by atoms with van der Waals surface area (Å²) in [4.78, 5) is 22.9. The summed E-state index contributed by atoms with van der Waals surface area (Å²) in [6.07, 6.45) is 2.27. The van der Waals surface area contributed by atoms with E-state index in [1.165, 1.54) is 0 Å². The second-order valence-electron chi connectivity index (χ2n) is 5.59. The van der Waals surface area contributed by atoms with E-state index in [0.717, 1.165) is 35.9 Å². The summed E-state index contributed by atoms with van der Waals surface area (Å²) < 4.78 is 5.38. The summed E-state index contributed by atoms with van der Waals surface area (Å²) in [5.74, 6) is 2.53. The number of aromatic nitrogens is 2. The van der Waals surface area contributed by atoms with Crippen LogP contribution in [0.1, 0.15) is 30.1 Å². The van der Waals surface area contributed by atoms with Crippen molar-refractivity contribution < 1.29 is 9.53 Å². The van der Waals surface area contributed by atoms with Gasteiger partial charge in [-0.3, -0.25) is 4.79 Å². The highest BCUT2D eigenvalue weighted by Gasteiger charge is 2.33. The minimum absolute atomic E-state index is 0.312. The van der Waals surface area contributed by atoms with E-state index < -0.39 is 6.04 Å². The molecule has 1 saturated heterocycles. The quantitative estimate of drug-likeness (QED) is 0.834. The normalized spacial score (nSPS) is 22.2. The second-order valence-corrected chi connectivity index (χ2v) is 5.59. The minimum atomic E-state index is -0.468. The molecule has 1 aliphatic carbocycles. The van der Waals surface area contributed by atoms with Gasteiger partial charge in [0.15, 0.2) is 0 Å².